The summed E-state index contributed by atoms with van der Waals surface area (Å²) in [6.07, 6.45) is 4.01. The fourth-order valence-corrected chi connectivity index (χ4v) is 3.45. The van der Waals surface area contributed by atoms with E-state index in [1.54, 1.807) is 13.8 Å². The van der Waals surface area contributed by atoms with Crippen molar-refractivity contribution in [3.8, 4) is 0 Å². The second kappa shape index (κ2) is 7.32. The van der Waals surface area contributed by atoms with E-state index in [1.165, 1.54) is 0 Å². The number of amides is 2. The maximum Gasteiger partial charge on any atom is 1.00 e. The first-order valence-electron chi connectivity index (χ1n) is 7.63. The van der Waals surface area contributed by atoms with Crippen molar-refractivity contribution in [1.82, 2.24) is 10.6 Å². The Labute approximate surface area is 153 Å². The summed E-state index contributed by atoms with van der Waals surface area (Å²) in [4.78, 5) is 35.2. The number of nitrogens with one attached hydrogen (secondary N) is 2. The number of carboxylic acids is 1. The molecular weight excluding hydrogens is 295 g/mol. The van der Waals surface area contributed by atoms with Crippen LogP contribution in [0.3, 0.4) is 0 Å². The third-order valence-corrected chi connectivity index (χ3v) is 5.07. The predicted octanol–water partition coefficient (Wildman–Crippen LogP) is -3.14. The van der Waals surface area contributed by atoms with E-state index < -0.39 is 16.9 Å². The Morgan fingerprint density at radius 3 is 2.73 bits per heavy atom. The van der Waals surface area contributed by atoms with Crippen LogP contribution < -0.4 is 45.3 Å². The molecule has 0 aromatic carbocycles. The Hall–Kier alpha value is -0.590. The Morgan fingerprint density at radius 1 is 1.45 bits per heavy atom. The van der Waals surface area contributed by atoms with Crippen LogP contribution in [0.15, 0.2) is 0 Å². The van der Waals surface area contributed by atoms with Gasteiger partial charge in [0.15, 0.2) is 0 Å². The van der Waals surface area contributed by atoms with Crippen molar-refractivity contribution in [2.24, 2.45) is 5.41 Å². The Kier molecular flexibility index (Phi) is 6.47. The minimum Gasteiger partial charge on any atom is -0.550 e. The number of carboxylic acid groups (broad SMARTS) is 1. The van der Waals surface area contributed by atoms with E-state index in [2.05, 4.69) is 10.6 Å². The van der Waals surface area contributed by atoms with Crippen molar-refractivity contribution in [3.63, 3.8) is 0 Å². The van der Waals surface area contributed by atoms with Gasteiger partial charge in [0.05, 0.1) is 23.4 Å². The molecule has 2 amide bonds. The van der Waals surface area contributed by atoms with Gasteiger partial charge in [0.25, 0.3) is 0 Å². The van der Waals surface area contributed by atoms with E-state index in [0.717, 1.165) is 25.7 Å². The zero-order valence-electron chi connectivity index (χ0n) is 13.7. The molecule has 0 bridgehead atoms. The van der Waals surface area contributed by atoms with Crippen LogP contribution in [-0.4, -0.2) is 29.4 Å². The van der Waals surface area contributed by atoms with Crippen molar-refractivity contribution in [2.45, 2.75) is 70.4 Å². The third kappa shape index (κ3) is 3.84. The van der Waals surface area contributed by atoms with Gasteiger partial charge in [-0.05, 0) is 19.3 Å². The SMILES string of the molecule is CCC(C)(CC(=O)[O-])C(=O)N[C@@]12CCCC[C@@H]1NC(=O)C2.[Na+]. The number of carbonyl (C=O) groups is 3. The van der Waals surface area contributed by atoms with Crippen LogP contribution in [0.5, 0.6) is 0 Å². The zero-order chi connectivity index (χ0) is 15.7. The summed E-state index contributed by atoms with van der Waals surface area (Å²) in [6.45, 7) is 3.42. The average molecular weight is 318 g/mol. The Bertz CT molecular complexity index is 470. The quantitative estimate of drug-likeness (QED) is 0.524. The van der Waals surface area contributed by atoms with Gasteiger partial charge < -0.3 is 20.5 Å². The van der Waals surface area contributed by atoms with Crippen LogP contribution in [0.25, 0.3) is 0 Å². The normalized spacial score (nSPS) is 29.5. The molecule has 1 saturated carbocycles. The van der Waals surface area contributed by atoms with E-state index in [9.17, 15) is 19.5 Å². The Balaban J connectivity index is 0.00000242. The molecule has 2 N–H and O–H groups in total. The summed E-state index contributed by atoms with van der Waals surface area (Å²) < 4.78 is 0. The predicted molar refractivity (Wildman–Crippen MR) is 73.9 cm³/mol. The number of carbonyl (C=O) groups excluding carboxylic acids is 3. The molecule has 1 aliphatic heterocycles. The van der Waals surface area contributed by atoms with Gasteiger partial charge in [0, 0.05) is 12.4 Å². The number of hydrogen-bond acceptors (Lipinski definition) is 4. The topological polar surface area (TPSA) is 98.3 Å². The van der Waals surface area contributed by atoms with Crippen molar-refractivity contribution in [2.75, 3.05) is 0 Å². The molecule has 0 radical (unpaired) electrons. The summed E-state index contributed by atoms with van der Waals surface area (Å²) >= 11 is 0. The molecule has 1 unspecified atom stereocenters. The Morgan fingerprint density at radius 2 is 2.14 bits per heavy atom. The van der Waals surface area contributed by atoms with Crippen LogP contribution in [0.4, 0.5) is 0 Å². The minimum absolute atomic E-state index is 0. The van der Waals surface area contributed by atoms with Crippen LogP contribution in [0, 0.1) is 5.41 Å². The van der Waals surface area contributed by atoms with Gasteiger partial charge in [-0.2, -0.15) is 0 Å². The molecule has 2 rings (SSSR count). The molecule has 118 valence electrons. The molecule has 1 saturated heterocycles. The van der Waals surface area contributed by atoms with Crippen LogP contribution in [0.2, 0.25) is 0 Å². The maximum absolute atomic E-state index is 12.6. The first-order valence-corrected chi connectivity index (χ1v) is 7.63. The standard InChI is InChI=1S/C15H24N2O4.Na/c1-3-14(2,9-12(19)20)13(21)17-15-7-5-4-6-10(15)16-11(18)8-15;/h10H,3-9H2,1-2H3,(H,16,18)(H,17,21)(H,19,20);/q;+1/p-1/t10-,14?,15+;/m0./s1. The number of rotatable bonds is 5. The van der Waals surface area contributed by atoms with E-state index in [0.29, 0.717) is 6.42 Å². The van der Waals surface area contributed by atoms with Crippen LogP contribution in [0.1, 0.15) is 58.8 Å². The summed E-state index contributed by atoms with van der Waals surface area (Å²) in [5.74, 6) is -1.56. The van der Waals surface area contributed by atoms with Crippen LogP contribution >= 0.6 is 0 Å². The molecule has 0 spiro atoms. The number of hydrogen-bond donors (Lipinski definition) is 2. The van der Waals surface area contributed by atoms with E-state index in [4.69, 9.17) is 0 Å². The van der Waals surface area contributed by atoms with E-state index in [1.807, 2.05) is 0 Å². The molecule has 2 fully saturated rings. The van der Waals surface area contributed by atoms with Crippen molar-refractivity contribution >= 4 is 17.8 Å². The van der Waals surface area contributed by atoms with Gasteiger partial charge in [-0.15, -0.1) is 0 Å². The maximum atomic E-state index is 12.6. The van der Waals surface area contributed by atoms with Gasteiger partial charge in [-0.25, -0.2) is 0 Å². The summed E-state index contributed by atoms with van der Waals surface area (Å²) in [5, 5.41) is 16.8. The molecule has 6 nitrogen and oxygen atoms in total. The summed E-state index contributed by atoms with van der Waals surface area (Å²) in [6, 6.07) is -0.0354. The molecule has 0 aromatic heterocycles. The second-order valence-corrected chi connectivity index (χ2v) is 6.62. The first kappa shape index (κ1) is 19.5. The summed E-state index contributed by atoms with van der Waals surface area (Å²) in [5.41, 5.74) is -1.55. The zero-order valence-corrected chi connectivity index (χ0v) is 15.7. The molecular formula is C15H23N2NaO4. The average Bonchev–Trinajstić information content (AvgIpc) is 2.73. The van der Waals surface area contributed by atoms with E-state index in [-0.39, 0.29) is 60.3 Å². The molecule has 7 heteroatoms. The molecule has 1 aliphatic carbocycles. The van der Waals surface area contributed by atoms with Gasteiger partial charge in [0.2, 0.25) is 11.8 Å². The second-order valence-electron chi connectivity index (χ2n) is 6.62. The first-order chi connectivity index (χ1) is 9.81. The molecule has 1 heterocycles. The summed E-state index contributed by atoms with van der Waals surface area (Å²) in [7, 11) is 0. The molecule has 0 aromatic rings. The van der Waals surface area contributed by atoms with Crippen molar-refractivity contribution in [1.29, 1.82) is 0 Å². The van der Waals surface area contributed by atoms with E-state index >= 15 is 0 Å². The van der Waals surface area contributed by atoms with Gasteiger partial charge in [0.1, 0.15) is 0 Å². The van der Waals surface area contributed by atoms with Crippen molar-refractivity contribution in [3.05, 3.63) is 0 Å². The van der Waals surface area contributed by atoms with Crippen molar-refractivity contribution < 1.29 is 49.0 Å². The molecule has 22 heavy (non-hydrogen) atoms. The monoisotopic (exact) mass is 318 g/mol. The largest absolute Gasteiger partial charge is 1.00 e. The van der Waals surface area contributed by atoms with Gasteiger partial charge in [-0.1, -0.05) is 26.7 Å². The number of aliphatic carboxylic acids is 1. The fourth-order valence-electron chi connectivity index (χ4n) is 3.45. The van der Waals surface area contributed by atoms with Gasteiger partial charge in [-0.3, -0.25) is 9.59 Å². The molecule has 2 aliphatic rings. The molecule has 3 atom stereocenters. The van der Waals surface area contributed by atoms with Gasteiger partial charge >= 0.3 is 29.6 Å². The minimum atomic E-state index is -1.23. The fraction of sp³-hybridized carbons (Fsp3) is 0.800. The smallest absolute Gasteiger partial charge is 0.550 e. The van der Waals surface area contributed by atoms with Crippen LogP contribution in [-0.2, 0) is 14.4 Å². The number of fused-ring (bicyclic) bond motifs is 1. The third-order valence-electron chi connectivity index (χ3n) is 5.07.